The molecule has 1 heterocycles. The van der Waals surface area contributed by atoms with Gasteiger partial charge in [0, 0.05) is 24.7 Å². The van der Waals surface area contributed by atoms with Gasteiger partial charge in [-0.1, -0.05) is 23.7 Å². The molecule has 23 heavy (non-hydrogen) atoms. The van der Waals surface area contributed by atoms with Crippen LogP contribution in [0.5, 0.6) is 0 Å². The summed E-state index contributed by atoms with van der Waals surface area (Å²) >= 11 is 5.89. The fourth-order valence-electron chi connectivity index (χ4n) is 2.13. The zero-order valence-electron chi connectivity index (χ0n) is 13.6. The molecule has 0 spiro atoms. The summed E-state index contributed by atoms with van der Waals surface area (Å²) in [6, 6.07) is 7.90. The SMILES string of the molecule is CCNC(=NCc1nncn1CC)NCCc1ccc(Cl)cc1. The van der Waals surface area contributed by atoms with Crippen LogP contribution in [0.15, 0.2) is 35.6 Å². The van der Waals surface area contributed by atoms with E-state index in [1.54, 1.807) is 6.33 Å². The van der Waals surface area contributed by atoms with E-state index in [4.69, 9.17) is 11.6 Å². The van der Waals surface area contributed by atoms with E-state index in [0.717, 1.165) is 42.9 Å². The van der Waals surface area contributed by atoms with Gasteiger partial charge >= 0.3 is 0 Å². The van der Waals surface area contributed by atoms with Crippen molar-refractivity contribution < 1.29 is 0 Å². The zero-order valence-corrected chi connectivity index (χ0v) is 14.3. The number of nitrogens with one attached hydrogen (secondary N) is 2. The first-order chi connectivity index (χ1) is 11.2. The van der Waals surface area contributed by atoms with Crippen LogP contribution in [0.2, 0.25) is 5.02 Å². The molecule has 0 fully saturated rings. The topological polar surface area (TPSA) is 67.1 Å². The Labute approximate surface area is 142 Å². The molecule has 0 atom stereocenters. The number of hydrogen-bond acceptors (Lipinski definition) is 3. The molecule has 0 saturated heterocycles. The molecule has 2 rings (SSSR count). The fraction of sp³-hybridized carbons (Fsp3) is 0.438. The van der Waals surface area contributed by atoms with Crippen LogP contribution in [0.25, 0.3) is 0 Å². The number of halogens is 1. The molecule has 2 aromatic rings. The van der Waals surface area contributed by atoms with Gasteiger partial charge in [0.1, 0.15) is 12.9 Å². The van der Waals surface area contributed by atoms with Gasteiger partial charge in [0.15, 0.2) is 11.8 Å². The van der Waals surface area contributed by atoms with Gasteiger partial charge in [-0.25, -0.2) is 4.99 Å². The van der Waals surface area contributed by atoms with Gasteiger partial charge in [-0.05, 0) is 38.0 Å². The number of hydrogen-bond donors (Lipinski definition) is 2. The average molecular weight is 335 g/mol. The standard InChI is InChI=1S/C16H23ClN6/c1-3-18-16(20-11-15-22-21-12-23(15)4-2)19-10-9-13-5-7-14(17)8-6-13/h5-8,12H,3-4,9-11H2,1-2H3,(H2,18,19,20). The predicted octanol–water partition coefficient (Wildman–Crippen LogP) is 2.25. The number of aliphatic imine (C=N–C) groups is 1. The highest BCUT2D eigenvalue weighted by Gasteiger charge is 2.03. The van der Waals surface area contributed by atoms with Crippen LogP contribution in [-0.4, -0.2) is 33.8 Å². The molecule has 124 valence electrons. The lowest BCUT2D eigenvalue weighted by Crippen LogP contribution is -2.38. The highest BCUT2D eigenvalue weighted by molar-refractivity contribution is 6.30. The first-order valence-corrected chi connectivity index (χ1v) is 8.24. The summed E-state index contributed by atoms with van der Waals surface area (Å²) in [5.41, 5.74) is 1.24. The summed E-state index contributed by atoms with van der Waals surface area (Å²) in [4.78, 5) is 4.56. The van der Waals surface area contributed by atoms with Crippen LogP contribution in [0.1, 0.15) is 25.2 Å². The fourth-order valence-corrected chi connectivity index (χ4v) is 2.26. The minimum absolute atomic E-state index is 0.504. The quantitative estimate of drug-likeness (QED) is 0.602. The first kappa shape index (κ1) is 17.3. The Kier molecular flexibility index (Phi) is 6.87. The molecule has 7 heteroatoms. The van der Waals surface area contributed by atoms with Crippen molar-refractivity contribution in [1.29, 1.82) is 0 Å². The van der Waals surface area contributed by atoms with Crippen molar-refractivity contribution in [2.75, 3.05) is 13.1 Å². The third-order valence-electron chi connectivity index (χ3n) is 3.38. The van der Waals surface area contributed by atoms with E-state index in [-0.39, 0.29) is 0 Å². The van der Waals surface area contributed by atoms with E-state index in [2.05, 4.69) is 32.7 Å². The highest BCUT2D eigenvalue weighted by Crippen LogP contribution is 2.09. The summed E-state index contributed by atoms with van der Waals surface area (Å²) < 4.78 is 1.99. The largest absolute Gasteiger partial charge is 0.357 e. The maximum Gasteiger partial charge on any atom is 0.191 e. The van der Waals surface area contributed by atoms with Gasteiger partial charge in [-0.2, -0.15) is 0 Å². The Morgan fingerprint density at radius 1 is 1.22 bits per heavy atom. The summed E-state index contributed by atoms with van der Waals surface area (Å²) in [6.45, 7) is 7.07. The van der Waals surface area contributed by atoms with Crippen molar-refractivity contribution in [3.8, 4) is 0 Å². The van der Waals surface area contributed by atoms with E-state index < -0.39 is 0 Å². The third-order valence-corrected chi connectivity index (χ3v) is 3.63. The number of nitrogens with zero attached hydrogens (tertiary/aromatic N) is 4. The Balaban J connectivity index is 1.87. The smallest absolute Gasteiger partial charge is 0.191 e. The number of benzene rings is 1. The molecule has 1 aromatic heterocycles. The second-order valence-corrected chi connectivity index (χ2v) is 5.47. The maximum atomic E-state index is 5.89. The number of rotatable bonds is 7. The lowest BCUT2D eigenvalue weighted by molar-refractivity contribution is 0.693. The van der Waals surface area contributed by atoms with Crippen molar-refractivity contribution >= 4 is 17.6 Å². The van der Waals surface area contributed by atoms with E-state index in [1.807, 2.05) is 35.8 Å². The molecule has 2 N–H and O–H groups in total. The molecule has 0 saturated carbocycles. The summed E-state index contributed by atoms with van der Waals surface area (Å²) in [5.74, 6) is 1.65. The van der Waals surface area contributed by atoms with E-state index in [9.17, 15) is 0 Å². The van der Waals surface area contributed by atoms with Crippen LogP contribution < -0.4 is 10.6 Å². The second-order valence-electron chi connectivity index (χ2n) is 5.03. The minimum atomic E-state index is 0.504. The molecule has 0 aliphatic heterocycles. The summed E-state index contributed by atoms with van der Waals surface area (Å²) in [7, 11) is 0. The van der Waals surface area contributed by atoms with Gasteiger partial charge < -0.3 is 15.2 Å². The summed E-state index contributed by atoms with van der Waals surface area (Å²) in [5, 5.41) is 15.3. The van der Waals surface area contributed by atoms with Crippen LogP contribution in [0.4, 0.5) is 0 Å². The lowest BCUT2D eigenvalue weighted by Gasteiger charge is -2.11. The Hall–Kier alpha value is -2.08. The van der Waals surface area contributed by atoms with Crippen LogP contribution >= 0.6 is 11.6 Å². The molecule has 0 amide bonds. The second kappa shape index (κ2) is 9.15. The van der Waals surface area contributed by atoms with Crippen LogP contribution in [0.3, 0.4) is 0 Å². The lowest BCUT2D eigenvalue weighted by atomic mass is 10.1. The predicted molar refractivity (Wildman–Crippen MR) is 93.7 cm³/mol. The van der Waals surface area contributed by atoms with Gasteiger partial charge in [0.2, 0.25) is 0 Å². The van der Waals surface area contributed by atoms with E-state index >= 15 is 0 Å². The van der Waals surface area contributed by atoms with Gasteiger partial charge in [0.25, 0.3) is 0 Å². The van der Waals surface area contributed by atoms with Crippen LogP contribution in [-0.2, 0) is 19.5 Å². The van der Waals surface area contributed by atoms with Crippen molar-refractivity contribution in [3.05, 3.63) is 47.0 Å². The Morgan fingerprint density at radius 3 is 2.70 bits per heavy atom. The monoisotopic (exact) mass is 334 g/mol. The minimum Gasteiger partial charge on any atom is -0.357 e. The van der Waals surface area contributed by atoms with E-state index in [1.165, 1.54) is 5.56 Å². The number of guanidine groups is 1. The van der Waals surface area contributed by atoms with Gasteiger partial charge in [-0.3, -0.25) is 0 Å². The van der Waals surface area contributed by atoms with Crippen molar-refractivity contribution in [2.45, 2.75) is 33.4 Å². The van der Waals surface area contributed by atoms with E-state index in [0.29, 0.717) is 6.54 Å². The van der Waals surface area contributed by atoms with Crippen molar-refractivity contribution in [2.24, 2.45) is 4.99 Å². The molecule has 1 aromatic carbocycles. The number of aromatic nitrogens is 3. The maximum absolute atomic E-state index is 5.89. The summed E-state index contributed by atoms with van der Waals surface area (Å²) in [6.07, 6.45) is 2.64. The highest BCUT2D eigenvalue weighted by atomic mass is 35.5. The molecule has 6 nitrogen and oxygen atoms in total. The molecule has 0 radical (unpaired) electrons. The normalized spacial score (nSPS) is 11.5. The Bertz CT molecular complexity index is 620. The van der Waals surface area contributed by atoms with Gasteiger partial charge in [-0.15, -0.1) is 10.2 Å². The van der Waals surface area contributed by atoms with Crippen LogP contribution in [0, 0.1) is 0 Å². The molecular formula is C16H23ClN6. The number of aryl methyl sites for hydroxylation is 1. The van der Waals surface area contributed by atoms with Crippen molar-refractivity contribution in [3.63, 3.8) is 0 Å². The zero-order chi connectivity index (χ0) is 16.5. The molecule has 0 bridgehead atoms. The molecule has 0 aliphatic carbocycles. The molecule has 0 aliphatic rings. The molecular weight excluding hydrogens is 312 g/mol. The third kappa shape index (κ3) is 5.56. The van der Waals surface area contributed by atoms with Gasteiger partial charge in [0.05, 0.1) is 0 Å². The average Bonchev–Trinajstić information content (AvgIpc) is 3.02. The van der Waals surface area contributed by atoms with Crippen molar-refractivity contribution in [1.82, 2.24) is 25.4 Å². The Morgan fingerprint density at radius 2 is 2.00 bits per heavy atom. The molecule has 0 unspecified atom stereocenters. The first-order valence-electron chi connectivity index (χ1n) is 7.86.